The van der Waals surface area contributed by atoms with E-state index >= 15 is 0 Å². The molecule has 0 saturated carbocycles. The van der Waals surface area contributed by atoms with Gasteiger partial charge in [-0.2, -0.15) is 0 Å². The second-order valence-corrected chi connectivity index (χ2v) is 6.78. The van der Waals surface area contributed by atoms with Gasteiger partial charge in [0.1, 0.15) is 0 Å². The van der Waals surface area contributed by atoms with E-state index in [-0.39, 0.29) is 16.4 Å². The van der Waals surface area contributed by atoms with Gasteiger partial charge in [0, 0.05) is 10.5 Å². The van der Waals surface area contributed by atoms with Crippen LogP contribution >= 0.6 is 10.5 Å². The molecule has 1 atom stereocenters. The van der Waals surface area contributed by atoms with Gasteiger partial charge in [-0.05, 0) is 24.3 Å². The highest BCUT2D eigenvalue weighted by Crippen LogP contribution is 2.35. The van der Waals surface area contributed by atoms with E-state index in [2.05, 4.69) is 30.4 Å². The summed E-state index contributed by atoms with van der Waals surface area (Å²) in [5.41, 5.74) is 1.94. The van der Waals surface area contributed by atoms with Gasteiger partial charge in [-0.1, -0.05) is 49.4 Å². The Morgan fingerprint density at radius 3 is 2.45 bits per heavy atom. The summed E-state index contributed by atoms with van der Waals surface area (Å²) in [6.45, 7) is 2.19. The Morgan fingerprint density at radius 1 is 1.00 bits per heavy atom. The first kappa shape index (κ1) is 13.1. The molecule has 1 unspecified atom stereocenters. The Balaban J connectivity index is 2.21. The lowest BCUT2D eigenvalue weighted by molar-refractivity contribution is 0.0974. The number of carbonyl (C=O) groups excluding carboxylic acids is 1. The summed E-state index contributed by atoms with van der Waals surface area (Å²) in [6, 6.07) is 18.1. The first-order chi connectivity index (χ1) is 9.81. The van der Waals surface area contributed by atoms with E-state index in [1.165, 1.54) is 4.90 Å². The second-order valence-electron chi connectivity index (χ2n) is 4.74. The summed E-state index contributed by atoms with van der Waals surface area (Å²) < 4.78 is 0. The van der Waals surface area contributed by atoms with Gasteiger partial charge in [-0.3, -0.25) is 4.79 Å². The number of benzene rings is 2. The van der Waals surface area contributed by atoms with Crippen LogP contribution in [-0.2, 0) is 0 Å². The van der Waals surface area contributed by atoms with Crippen molar-refractivity contribution in [2.24, 2.45) is 0 Å². The monoisotopic (exact) mass is 283 g/mol. The van der Waals surface area contributed by atoms with Crippen LogP contribution in [0.3, 0.4) is 0 Å². The Bertz CT molecular complexity index is 676. The SMILES string of the molecule is CCCS1=C(c2ccccc2)NC(=O)c2ccccc21. The zero-order valence-electron chi connectivity index (χ0n) is 11.4. The fourth-order valence-corrected chi connectivity index (χ4v) is 4.79. The molecule has 1 N–H and O–H groups in total. The first-order valence-electron chi connectivity index (χ1n) is 6.85. The lowest BCUT2D eigenvalue weighted by atomic mass is 10.2. The molecule has 102 valence electrons. The van der Waals surface area contributed by atoms with Crippen molar-refractivity contribution in [3.05, 3.63) is 65.7 Å². The maximum atomic E-state index is 12.3. The molecule has 0 radical (unpaired) electrons. The predicted molar refractivity (Wildman–Crippen MR) is 85.5 cm³/mol. The van der Waals surface area contributed by atoms with E-state index in [0.29, 0.717) is 0 Å². The first-order valence-corrected chi connectivity index (χ1v) is 8.24. The van der Waals surface area contributed by atoms with Crippen LogP contribution in [0.2, 0.25) is 0 Å². The summed E-state index contributed by atoms with van der Waals surface area (Å²) in [5.74, 6) is 1.08. The smallest absolute Gasteiger partial charge is 0.257 e. The minimum Gasteiger partial charge on any atom is -0.316 e. The van der Waals surface area contributed by atoms with E-state index in [4.69, 9.17) is 0 Å². The van der Waals surface area contributed by atoms with Crippen molar-refractivity contribution in [2.45, 2.75) is 18.2 Å². The Hall–Kier alpha value is -1.87. The van der Waals surface area contributed by atoms with Gasteiger partial charge in [0.2, 0.25) is 0 Å². The maximum Gasteiger partial charge on any atom is 0.257 e. The zero-order chi connectivity index (χ0) is 13.9. The highest BCUT2D eigenvalue weighted by molar-refractivity contribution is 8.16. The molecule has 3 heteroatoms. The minimum atomic E-state index is -0.0444. The van der Waals surface area contributed by atoms with Crippen LogP contribution in [0.15, 0.2) is 59.5 Å². The molecule has 1 amide bonds. The number of fused-ring (bicyclic) bond motifs is 1. The van der Waals surface area contributed by atoms with Crippen LogP contribution < -0.4 is 5.32 Å². The van der Waals surface area contributed by atoms with Gasteiger partial charge in [-0.15, -0.1) is 10.5 Å². The van der Waals surface area contributed by atoms with Crippen LogP contribution in [0, 0.1) is 0 Å². The second kappa shape index (κ2) is 5.63. The number of rotatable bonds is 3. The molecule has 0 aromatic heterocycles. The van der Waals surface area contributed by atoms with Gasteiger partial charge in [0.15, 0.2) is 0 Å². The van der Waals surface area contributed by atoms with E-state index < -0.39 is 0 Å². The standard InChI is InChI=1S/C17H17NOS/c1-2-12-20-15-11-7-6-10-14(15)16(19)18-17(20)13-8-4-3-5-9-13/h3-11H,2,12H2,1H3,(H,18,19). The molecule has 3 rings (SSSR count). The zero-order valence-corrected chi connectivity index (χ0v) is 12.2. The van der Waals surface area contributed by atoms with Crippen LogP contribution in [0.25, 0.3) is 0 Å². The van der Waals surface area contributed by atoms with Gasteiger partial charge in [0.05, 0.1) is 10.6 Å². The van der Waals surface area contributed by atoms with E-state index in [1.807, 2.05) is 36.4 Å². The molecule has 2 nitrogen and oxygen atoms in total. The van der Waals surface area contributed by atoms with Gasteiger partial charge >= 0.3 is 0 Å². The molecule has 0 bridgehead atoms. The summed E-state index contributed by atoms with van der Waals surface area (Å²) >= 11 is 0. The third-order valence-corrected chi connectivity index (χ3v) is 5.85. The molecule has 2 aromatic carbocycles. The largest absolute Gasteiger partial charge is 0.316 e. The van der Waals surface area contributed by atoms with Crippen LogP contribution in [0.5, 0.6) is 0 Å². The minimum absolute atomic E-state index is 0.0132. The van der Waals surface area contributed by atoms with Gasteiger partial charge < -0.3 is 5.32 Å². The lowest BCUT2D eigenvalue weighted by Crippen LogP contribution is -2.35. The average Bonchev–Trinajstić information content (AvgIpc) is 2.51. The van der Waals surface area contributed by atoms with Crippen LogP contribution in [0.4, 0.5) is 0 Å². The number of carbonyl (C=O) groups is 1. The van der Waals surface area contributed by atoms with Crippen molar-refractivity contribution in [1.82, 2.24) is 5.32 Å². The predicted octanol–water partition coefficient (Wildman–Crippen LogP) is 3.65. The Kier molecular flexibility index (Phi) is 3.70. The maximum absolute atomic E-state index is 12.3. The van der Waals surface area contributed by atoms with Crippen molar-refractivity contribution >= 4 is 21.4 Å². The van der Waals surface area contributed by atoms with Crippen molar-refractivity contribution < 1.29 is 4.79 Å². The molecule has 0 saturated heterocycles. The number of amides is 1. The molecule has 0 aliphatic carbocycles. The normalized spacial score (nSPS) is 17.6. The van der Waals surface area contributed by atoms with Gasteiger partial charge in [0.25, 0.3) is 5.91 Å². The molecule has 1 heterocycles. The quantitative estimate of drug-likeness (QED) is 0.856. The highest BCUT2D eigenvalue weighted by atomic mass is 32.2. The molecule has 0 fully saturated rings. The van der Waals surface area contributed by atoms with Crippen molar-refractivity contribution in [1.29, 1.82) is 0 Å². The van der Waals surface area contributed by atoms with E-state index in [1.54, 1.807) is 0 Å². The molecule has 20 heavy (non-hydrogen) atoms. The fraction of sp³-hybridized carbons (Fsp3) is 0.176. The summed E-state index contributed by atoms with van der Waals surface area (Å²) in [6.07, 6.45) is 1.10. The molecule has 1 aliphatic heterocycles. The van der Waals surface area contributed by atoms with Gasteiger partial charge in [-0.25, -0.2) is 0 Å². The molecule has 1 aliphatic rings. The summed E-state index contributed by atoms with van der Waals surface area (Å²) in [7, 11) is -0.0444. The topological polar surface area (TPSA) is 29.1 Å². The fourth-order valence-electron chi connectivity index (χ4n) is 2.43. The number of nitrogens with one attached hydrogen (secondary N) is 1. The van der Waals surface area contributed by atoms with E-state index in [0.717, 1.165) is 28.3 Å². The van der Waals surface area contributed by atoms with E-state index in [9.17, 15) is 4.79 Å². The van der Waals surface area contributed by atoms with Crippen LogP contribution in [0.1, 0.15) is 29.3 Å². The summed E-state index contributed by atoms with van der Waals surface area (Å²) in [4.78, 5) is 14.5. The van der Waals surface area contributed by atoms with Crippen molar-refractivity contribution in [2.75, 3.05) is 5.75 Å². The molecule has 2 aromatic rings. The van der Waals surface area contributed by atoms with Crippen LogP contribution in [-0.4, -0.2) is 16.6 Å². The third kappa shape index (κ3) is 2.29. The molecular formula is C17H17NOS. The average molecular weight is 283 g/mol. The lowest BCUT2D eigenvalue weighted by Gasteiger charge is -2.25. The van der Waals surface area contributed by atoms with Crippen molar-refractivity contribution in [3.8, 4) is 0 Å². The number of hydrogen-bond acceptors (Lipinski definition) is 1. The molecular weight excluding hydrogens is 266 g/mol. The highest BCUT2D eigenvalue weighted by Gasteiger charge is 2.23. The number of hydrogen-bond donors (Lipinski definition) is 1. The summed E-state index contributed by atoms with van der Waals surface area (Å²) in [5, 5.41) is 3.11. The Labute approximate surface area is 121 Å². The molecule has 0 spiro atoms. The van der Waals surface area contributed by atoms with Crippen molar-refractivity contribution in [3.63, 3.8) is 0 Å². The third-order valence-electron chi connectivity index (χ3n) is 3.31. The Morgan fingerprint density at radius 2 is 1.70 bits per heavy atom.